The molecule has 0 aromatic carbocycles. The van der Waals surface area contributed by atoms with Crippen LogP contribution in [0.3, 0.4) is 0 Å². The number of sulfone groups is 1. The van der Waals surface area contributed by atoms with Gasteiger partial charge in [0, 0.05) is 31.7 Å². The van der Waals surface area contributed by atoms with E-state index in [-0.39, 0.29) is 5.75 Å². The Hall–Kier alpha value is -0.130. The Kier molecular flexibility index (Phi) is 4.15. The molecule has 4 nitrogen and oxygen atoms in total. The van der Waals surface area contributed by atoms with Gasteiger partial charge in [0.25, 0.3) is 0 Å². The zero-order valence-corrected chi connectivity index (χ0v) is 8.77. The zero-order valence-electron chi connectivity index (χ0n) is 7.95. The molecule has 0 unspecified atom stereocenters. The van der Waals surface area contributed by atoms with E-state index in [1.54, 1.807) is 0 Å². The molecule has 1 fully saturated rings. The third-order valence-electron chi connectivity index (χ3n) is 2.01. The molecule has 1 aliphatic heterocycles. The Morgan fingerprint density at radius 3 is 2.54 bits per heavy atom. The van der Waals surface area contributed by atoms with E-state index in [0.717, 1.165) is 19.5 Å². The molecule has 0 bridgehead atoms. The topological polar surface area (TPSA) is 55.4 Å². The molecule has 1 saturated heterocycles. The van der Waals surface area contributed by atoms with Gasteiger partial charge in [-0.2, -0.15) is 0 Å². The molecule has 0 atom stereocenters. The predicted molar refractivity (Wildman–Crippen MR) is 51.6 cm³/mol. The van der Waals surface area contributed by atoms with Crippen molar-refractivity contribution in [3.63, 3.8) is 0 Å². The summed E-state index contributed by atoms with van der Waals surface area (Å²) in [5, 5.41) is 3.11. The van der Waals surface area contributed by atoms with Gasteiger partial charge >= 0.3 is 0 Å². The summed E-state index contributed by atoms with van der Waals surface area (Å²) in [6.45, 7) is 2.56. The number of hydrogen-bond donors (Lipinski definition) is 1. The van der Waals surface area contributed by atoms with Gasteiger partial charge in [-0.3, -0.25) is 0 Å². The van der Waals surface area contributed by atoms with Crippen LogP contribution in [0.25, 0.3) is 0 Å². The SMILES string of the molecule is CS(=O)(=O)CCCCOC1CNC1. The first kappa shape index (κ1) is 10.9. The van der Waals surface area contributed by atoms with Crippen LogP contribution in [0.5, 0.6) is 0 Å². The summed E-state index contributed by atoms with van der Waals surface area (Å²) in [6, 6.07) is 0. The van der Waals surface area contributed by atoms with Gasteiger partial charge in [0.2, 0.25) is 0 Å². The lowest BCUT2D eigenvalue weighted by atomic mass is 10.2. The first-order chi connectivity index (χ1) is 6.08. The molecule has 5 heteroatoms. The van der Waals surface area contributed by atoms with Crippen molar-refractivity contribution < 1.29 is 13.2 Å². The van der Waals surface area contributed by atoms with Gasteiger partial charge in [-0.15, -0.1) is 0 Å². The van der Waals surface area contributed by atoms with Gasteiger partial charge in [0.05, 0.1) is 6.10 Å². The quantitative estimate of drug-likeness (QED) is 0.613. The standard InChI is InChI=1S/C8H17NO3S/c1-13(10,11)5-3-2-4-12-8-6-9-7-8/h8-9H,2-7H2,1H3. The minimum atomic E-state index is -2.78. The lowest BCUT2D eigenvalue weighted by molar-refractivity contribution is 0.0176. The smallest absolute Gasteiger partial charge is 0.147 e. The molecular formula is C8H17NO3S. The molecule has 0 spiro atoms. The minimum absolute atomic E-state index is 0.277. The van der Waals surface area contributed by atoms with Crippen LogP contribution in [0.4, 0.5) is 0 Å². The highest BCUT2D eigenvalue weighted by molar-refractivity contribution is 7.90. The Morgan fingerprint density at radius 1 is 1.38 bits per heavy atom. The molecule has 0 saturated carbocycles. The molecule has 13 heavy (non-hydrogen) atoms. The monoisotopic (exact) mass is 207 g/mol. The van der Waals surface area contributed by atoms with Crippen molar-refractivity contribution in [3.05, 3.63) is 0 Å². The van der Waals surface area contributed by atoms with Crippen LogP contribution < -0.4 is 5.32 Å². The molecule has 1 N–H and O–H groups in total. The lowest BCUT2D eigenvalue weighted by Crippen LogP contribution is -2.48. The van der Waals surface area contributed by atoms with Crippen molar-refractivity contribution in [2.75, 3.05) is 31.7 Å². The van der Waals surface area contributed by atoms with E-state index in [9.17, 15) is 8.42 Å². The molecule has 0 radical (unpaired) electrons. The largest absolute Gasteiger partial charge is 0.376 e. The number of ether oxygens (including phenoxy) is 1. The van der Waals surface area contributed by atoms with Crippen LogP contribution >= 0.6 is 0 Å². The molecule has 0 aromatic heterocycles. The predicted octanol–water partition coefficient (Wildman–Crippen LogP) is -0.200. The molecule has 0 aromatic rings. The fraction of sp³-hybridized carbons (Fsp3) is 1.00. The van der Waals surface area contributed by atoms with Gasteiger partial charge in [0.15, 0.2) is 0 Å². The maximum absolute atomic E-state index is 10.7. The van der Waals surface area contributed by atoms with E-state index >= 15 is 0 Å². The molecule has 1 rings (SSSR count). The number of rotatable bonds is 6. The minimum Gasteiger partial charge on any atom is -0.376 e. The van der Waals surface area contributed by atoms with Gasteiger partial charge in [-0.1, -0.05) is 0 Å². The molecule has 0 aliphatic carbocycles. The Morgan fingerprint density at radius 2 is 2.08 bits per heavy atom. The zero-order chi connectivity index (χ0) is 9.73. The first-order valence-corrected chi connectivity index (χ1v) is 6.64. The number of hydrogen-bond acceptors (Lipinski definition) is 4. The van der Waals surface area contributed by atoms with Crippen LogP contribution in [0, 0.1) is 0 Å². The third kappa shape index (κ3) is 5.23. The van der Waals surface area contributed by atoms with Crippen molar-refractivity contribution >= 4 is 9.84 Å². The van der Waals surface area contributed by atoms with Crippen molar-refractivity contribution in [1.29, 1.82) is 0 Å². The van der Waals surface area contributed by atoms with E-state index in [1.807, 2.05) is 0 Å². The van der Waals surface area contributed by atoms with Gasteiger partial charge in [-0.25, -0.2) is 8.42 Å². The Bertz CT molecular complexity index is 234. The van der Waals surface area contributed by atoms with Crippen molar-refractivity contribution in [2.24, 2.45) is 0 Å². The molecular weight excluding hydrogens is 190 g/mol. The summed E-state index contributed by atoms with van der Waals surface area (Å²) in [7, 11) is -2.78. The van der Waals surface area contributed by atoms with E-state index in [0.29, 0.717) is 19.1 Å². The molecule has 78 valence electrons. The number of nitrogens with one attached hydrogen (secondary N) is 1. The van der Waals surface area contributed by atoms with E-state index in [1.165, 1.54) is 6.26 Å². The van der Waals surface area contributed by atoms with E-state index in [4.69, 9.17) is 4.74 Å². The van der Waals surface area contributed by atoms with Crippen molar-refractivity contribution in [3.8, 4) is 0 Å². The third-order valence-corrected chi connectivity index (χ3v) is 3.04. The molecule has 1 aliphatic rings. The van der Waals surface area contributed by atoms with E-state index in [2.05, 4.69) is 5.32 Å². The summed E-state index contributed by atoms with van der Waals surface area (Å²) < 4.78 is 26.9. The van der Waals surface area contributed by atoms with Crippen LogP contribution in [-0.4, -0.2) is 46.2 Å². The van der Waals surface area contributed by atoms with Gasteiger partial charge < -0.3 is 10.1 Å². The first-order valence-electron chi connectivity index (χ1n) is 4.58. The second-order valence-corrected chi connectivity index (χ2v) is 5.75. The number of unbranched alkanes of at least 4 members (excludes halogenated alkanes) is 1. The summed E-state index contributed by atoms with van der Waals surface area (Å²) in [6.07, 6.45) is 3.17. The maximum atomic E-state index is 10.7. The fourth-order valence-corrected chi connectivity index (χ4v) is 1.82. The van der Waals surface area contributed by atoms with Crippen molar-refractivity contribution in [1.82, 2.24) is 5.32 Å². The Balaban J connectivity index is 1.89. The average molecular weight is 207 g/mol. The maximum Gasteiger partial charge on any atom is 0.147 e. The normalized spacial score (nSPS) is 18.5. The second kappa shape index (κ2) is 4.93. The highest BCUT2D eigenvalue weighted by Gasteiger charge is 2.16. The van der Waals surface area contributed by atoms with Crippen LogP contribution in [-0.2, 0) is 14.6 Å². The van der Waals surface area contributed by atoms with E-state index < -0.39 is 9.84 Å². The summed E-state index contributed by atoms with van der Waals surface area (Å²) in [5.74, 6) is 0.277. The van der Waals surface area contributed by atoms with Crippen LogP contribution in [0.2, 0.25) is 0 Å². The van der Waals surface area contributed by atoms with Gasteiger partial charge in [0.1, 0.15) is 9.84 Å². The second-order valence-electron chi connectivity index (χ2n) is 3.49. The van der Waals surface area contributed by atoms with Crippen LogP contribution in [0.1, 0.15) is 12.8 Å². The van der Waals surface area contributed by atoms with Crippen LogP contribution in [0.15, 0.2) is 0 Å². The highest BCUT2D eigenvalue weighted by atomic mass is 32.2. The highest BCUT2D eigenvalue weighted by Crippen LogP contribution is 2.01. The van der Waals surface area contributed by atoms with Crippen molar-refractivity contribution in [2.45, 2.75) is 18.9 Å². The fourth-order valence-electron chi connectivity index (χ4n) is 1.10. The van der Waals surface area contributed by atoms with Gasteiger partial charge in [-0.05, 0) is 12.8 Å². The molecule has 0 amide bonds. The summed E-state index contributed by atoms with van der Waals surface area (Å²) in [4.78, 5) is 0. The summed E-state index contributed by atoms with van der Waals surface area (Å²) in [5.41, 5.74) is 0. The summed E-state index contributed by atoms with van der Waals surface area (Å²) >= 11 is 0. The lowest BCUT2D eigenvalue weighted by Gasteiger charge is -2.26. The molecule has 1 heterocycles. The average Bonchev–Trinajstić information content (AvgIpc) is 1.90. The Labute approximate surface area is 79.6 Å².